The molecule has 0 rings (SSSR count). The number of carboxylic acids is 2. The Kier molecular flexibility index (Phi) is 3.56. The van der Waals surface area contributed by atoms with Gasteiger partial charge in [0.2, 0.25) is 0 Å². The van der Waals surface area contributed by atoms with E-state index >= 15 is 0 Å². The Bertz CT molecular complexity index is 213. The molecule has 0 saturated heterocycles. The van der Waals surface area contributed by atoms with Crippen LogP contribution in [0.4, 0.5) is 0 Å². The maximum Gasteiger partial charge on any atom is 0.329 e. The van der Waals surface area contributed by atoms with Crippen LogP contribution < -0.4 is 5.73 Å². The Labute approximate surface area is 67.1 Å². The van der Waals surface area contributed by atoms with E-state index < -0.39 is 23.0 Å². The summed E-state index contributed by atoms with van der Waals surface area (Å²) in [5.41, 5.74) is 4.95. The molecule has 0 saturated carbocycles. The maximum absolute atomic E-state index is 10.1. The molecule has 0 bridgehead atoms. The predicted octanol–water partition coefficient (Wildman–Crippen LogP) is -0.394. The van der Waals surface area contributed by atoms with Gasteiger partial charge in [-0.15, -0.1) is 0 Å². The second-order valence-electron chi connectivity index (χ2n) is 1.68. The lowest BCUT2D eigenvalue weighted by Gasteiger charge is -2.01. The van der Waals surface area contributed by atoms with Crippen LogP contribution in [0.1, 0.15) is 0 Å². The van der Waals surface area contributed by atoms with Gasteiger partial charge in [-0.2, -0.15) is 0 Å². The van der Waals surface area contributed by atoms with Crippen LogP contribution in [0.3, 0.4) is 0 Å². The van der Waals surface area contributed by atoms with E-state index in [1.807, 2.05) is 0 Å². The third-order valence-corrected chi connectivity index (χ3v) is 1.17. The number of hydrogen-bond donors (Lipinski definition) is 3. The quantitative estimate of drug-likeness (QED) is 0.512. The smallest absolute Gasteiger partial charge is 0.329 e. The van der Waals surface area contributed by atoms with Gasteiger partial charge in [0.05, 0.1) is 5.03 Å². The normalized spacial score (nSPS) is 14.2. The number of aliphatic carboxylic acids is 2. The fourth-order valence-electron chi connectivity index (χ4n) is 0.326. The van der Waals surface area contributed by atoms with E-state index in [0.717, 1.165) is 0 Å². The van der Waals surface area contributed by atoms with Gasteiger partial charge < -0.3 is 15.9 Å². The van der Waals surface area contributed by atoms with E-state index in [2.05, 4.69) is 0 Å². The molecule has 1 atom stereocenters. The van der Waals surface area contributed by atoms with Crippen LogP contribution in [0.2, 0.25) is 0 Å². The molecule has 11 heavy (non-hydrogen) atoms. The molecule has 0 aliphatic carbocycles. The Morgan fingerprint density at radius 3 is 2.18 bits per heavy atom. The van der Waals surface area contributed by atoms with Gasteiger partial charge >= 0.3 is 11.9 Å². The van der Waals surface area contributed by atoms with Gasteiger partial charge in [0.15, 0.2) is 0 Å². The average Bonchev–Trinajstić information content (AvgIpc) is 1.84. The first-order valence-corrected chi connectivity index (χ1v) is 2.91. The van der Waals surface area contributed by atoms with Crippen molar-refractivity contribution in [2.45, 2.75) is 6.04 Å². The molecule has 0 aromatic carbocycles. The van der Waals surface area contributed by atoms with Gasteiger partial charge in [-0.05, 0) is 0 Å². The lowest BCUT2D eigenvalue weighted by atomic mass is 10.3. The van der Waals surface area contributed by atoms with Gasteiger partial charge in [0, 0.05) is 6.08 Å². The Morgan fingerprint density at radius 1 is 1.45 bits per heavy atom. The van der Waals surface area contributed by atoms with Gasteiger partial charge in [-0.3, -0.25) is 4.79 Å². The summed E-state index contributed by atoms with van der Waals surface area (Å²) in [6.45, 7) is 0. The summed E-state index contributed by atoms with van der Waals surface area (Å²) >= 11 is 5.20. The molecule has 0 radical (unpaired) electrons. The molecule has 5 nitrogen and oxygen atoms in total. The third-order valence-electron chi connectivity index (χ3n) is 0.825. The molecule has 0 aromatic rings. The molecule has 0 aliphatic heterocycles. The van der Waals surface area contributed by atoms with Crippen molar-refractivity contribution in [2.24, 2.45) is 5.73 Å². The Morgan fingerprint density at radius 2 is 1.91 bits per heavy atom. The lowest BCUT2D eigenvalue weighted by molar-refractivity contribution is -0.137. The van der Waals surface area contributed by atoms with E-state index in [9.17, 15) is 9.59 Å². The van der Waals surface area contributed by atoms with Crippen molar-refractivity contribution in [3.8, 4) is 0 Å². The van der Waals surface area contributed by atoms with Gasteiger partial charge in [0.25, 0.3) is 0 Å². The highest BCUT2D eigenvalue weighted by Crippen LogP contribution is 2.05. The second-order valence-corrected chi connectivity index (χ2v) is 2.12. The zero-order valence-electron chi connectivity index (χ0n) is 5.32. The first kappa shape index (κ1) is 9.93. The van der Waals surface area contributed by atoms with Crippen molar-refractivity contribution in [2.75, 3.05) is 0 Å². The molecule has 0 spiro atoms. The summed E-state index contributed by atoms with van der Waals surface area (Å²) in [5.74, 6) is -2.70. The second kappa shape index (κ2) is 3.95. The van der Waals surface area contributed by atoms with Crippen molar-refractivity contribution < 1.29 is 19.8 Å². The molecule has 0 heterocycles. The minimum Gasteiger partial charge on any atom is -0.480 e. The summed E-state index contributed by atoms with van der Waals surface area (Å²) in [5, 5.41) is 15.9. The SMILES string of the molecule is N[C@H](C(=O)O)/C(Cl)=C\C(=O)O. The minimum absolute atomic E-state index is 0.412. The zero-order valence-corrected chi connectivity index (χ0v) is 6.08. The first-order chi connectivity index (χ1) is 4.95. The molecular formula is C5H6ClNO4. The van der Waals surface area contributed by atoms with Crippen LogP contribution in [-0.2, 0) is 9.59 Å². The molecule has 0 aliphatic rings. The highest BCUT2D eigenvalue weighted by molar-refractivity contribution is 6.33. The molecule has 6 heteroatoms. The van der Waals surface area contributed by atoms with Gasteiger partial charge in [-0.1, -0.05) is 11.6 Å². The monoisotopic (exact) mass is 179 g/mol. The summed E-state index contributed by atoms with van der Waals surface area (Å²) in [7, 11) is 0. The summed E-state index contributed by atoms with van der Waals surface area (Å²) < 4.78 is 0. The zero-order chi connectivity index (χ0) is 9.02. The van der Waals surface area contributed by atoms with Crippen LogP contribution in [0.25, 0.3) is 0 Å². The summed E-state index contributed by atoms with van der Waals surface area (Å²) in [6.07, 6.45) is 0.542. The van der Waals surface area contributed by atoms with Crippen LogP contribution >= 0.6 is 11.6 Å². The van der Waals surface area contributed by atoms with Crippen molar-refractivity contribution in [1.29, 1.82) is 0 Å². The molecular weight excluding hydrogens is 174 g/mol. The number of hydrogen-bond acceptors (Lipinski definition) is 3. The van der Waals surface area contributed by atoms with Gasteiger partial charge in [0.1, 0.15) is 6.04 Å². The average molecular weight is 180 g/mol. The molecule has 4 N–H and O–H groups in total. The molecule has 0 aromatic heterocycles. The van der Waals surface area contributed by atoms with Crippen molar-refractivity contribution >= 4 is 23.5 Å². The third kappa shape index (κ3) is 3.59. The number of halogens is 1. The molecule has 62 valence electrons. The lowest BCUT2D eigenvalue weighted by Crippen LogP contribution is -2.30. The van der Waals surface area contributed by atoms with Crippen LogP contribution in [-0.4, -0.2) is 28.2 Å². The maximum atomic E-state index is 10.1. The first-order valence-electron chi connectivity index (χ1n) is 2.53. The highest BCUT2D eigenvalue weighted by atomic mass is 35.5. The molecule has 0 unspecified atom stereocenters. The highest BCUT2D eigenvalue weighted by Gasteiger charge is 2.15. The van der Waals surface area contributed by atoms with E-state index in [1.54, 1.807) is 0 Å². The fourth-order valence-corrected chi connectivity index (χ4v) is 0.512. The van der Waals surface area contributed by atoms with Gasteiger partial charge in [-0.25, -0.2) is 4.79 Å². The number of carbonyl (C=O) groups is 2. The number of nitrogens with two attached hydrogens (primary N) is 1. The largest absolute Gasteiger partial charge is 0.480 e. The van der Waals surface area contributed by atoms with E-state index in [-0.39, 0.29) is 0 Å². The minimum atomic E-state index is -1.47. The van der Waals surface area contributed by atoms with Crippen LogP contribution in [0.5, 0.6) is 0 Å². The van der Waals surface area contributed by atoms with Crippen molar-refractivity contribution in [3.63, 3.8) is 0 Å². The Balaban J connectivity index is 4.35. The van der Waals surface area contributed by atoms with E-state index in [4.69, 9.17) is 27.5 Å². The van der Waals surface area contributed by atoms with Crippen molar-refractivity contribution in [3.05, 3.63) is 11.1 Å². The van der Waals surface area contributed by atoms with Crippen LogP contribution in [0, 0.1) is 0 Å². The number of carboxylic acid groups (broad SMARTS) is 2. The van der Waals surface area contributed by atoms with E-state index in [0.29, 0.717) is 6.08 Å². The summed E-state index contributed by atoms with van der Waals surface area (Å²) in [6, 6.07) is -1.47. The fraction of sp³-hybridized carbons (Fsp3) is 0.200. The Hall–Kier alpha value is -1.07. The molecule has 0 fully saturated rings. The number of rotatable bonds is 3. The van der Waals surface area contributed by atoms with Crippen LogP contribution in [0.15, 0.2) is 11.1 Å². The predicted molar refractivity (Wildman–Crippen MR) is 37.2 cm³/mol. The van der Waals surface area contributed by atoms with Crippen molar-refractivity contribution in [1.82, 2.24) is 0 Å². The standard InChI is InChI=1S/C5H6ClNO4/c6-2(1-3(8)9)4(7)5(10)11/h1,4H,7H2,(H,8,9)(H,10,11)/b2-1+/t4-/m0/s1. The molecule has 0 amide bonds. The van der Waals surface area contributed by atoms with E-state index in [1.165, 1.54) is 0 Å². The topological polar surface area (TPSA) is 101 Å². The summed E-state index contributed by atoms with van der Waals surface area (Å²) in [4.78, 5) is 20.0.